The lowest BCUT2D eigenvalue weighted by atomic mass is 9.95. The van der Waals surface area contributed by atoms with E-state index in [9.17, 15) is 9.59 Å². The van der Waals surface area contributed by atoms with E-state index in [-0.39, 0.29) is 23.9 Å². The number of amides is 1. The lowest BCUT2D eigenvalue weighted by molar-refractivity contribution is -0.120. The van der Waals surface area contributed by atoms with Gasteiger partial charge in [-0.15, -0.1) is 0 Å². The monoisotopic (exact) mass is 462 g/mol. The quantitative estimate of drug-likeness (QED) is 0.488. The number of para-hydroxylation sites is 1. The molecule has 0 aromatic heterocycles. The second-order valence-corrected chi connectivity index (χ2v) is 8.78. The Hall–Kier alpha value is -3.31. The van der Waals surface area contributed by atoms with E-state index in [0.717, 1.165) is 48.3 Å². The van der Waals surface area contributed by atoms with Crippen molar-refractivity contribution < 1.29 is 14.7 Å². The molecule has 0 bridgehead atoms. The summed E-state index contributed by atoms with van der Waals surface area (Å²) in [5.74, 6) is -1.13. The number of hydrogen-bond acceptors (Lipinski definition) is 3. The summed E-state index contributed by atoms with van der Waals surface area (Å²) in [6, 6.07) is 21.8. The number of carboxylic acid groups (broad SMARTS) is 1. The highest BCUT2D eigenvalue weighted by molar-refractivity contribution is 6.30. The van der Waals surface area contributed by atoms with Gasteiger partial charge in [0, 0.05) is 29.4 Å². The third-order valence-corrected chi connectivity index (χ3v) is 6.23. The summed E-state index contributed by atoms with van der Waals surface area (Å²) < 4.78 is 0. The Labute approximate surface area is 199 Å². The van der Waals surface area contributed by atoms with Gasteiger partial charge in [0.15, 0.2) is 0 Å². The van der Waals surface area contributed by atoms with E-state index in [1.54, 1.807) is 12.1 Å². The number of nitrogens with zero attached hydrogens (tertiary/aromatic N) is 1. The molecular formula is C27H27ClN2O3. The van der Waals surface area contributed by atoms with Gasteiger partial charge in [-0.3, -0.25) is 4.79 Å². The normalized spacial score (nSPS) is 14.5. The lowest BCUT2D eigenvalue weighted by Crippen LogP contribution is -2.34. The predicted octanol–water partition coefficient (Wildman–Crippen LogP) is 5.48. The number of carbonyl (C=O) groups is 2. The number of benzene rings is 3. The van der Waals surface area contributed by atoms with Crippen LogP contribution in [0.25, 0.3) is 0 Å². The van der Waals surface area contributed by atoms with Gasteiger partial charge in [0.1, 0.15) is 0 Å². The zero-order valence-electron chi connectivity index (χ0n) is 18.3. The van der Waals surface area contributed by atoms with Gasteiger partial charge in [-0.2, -0.15) is 0 Å². The number of carboxylic acids is 1. The molecule has 170 valence electrons. The van der Waals surface area contributed by atoms with Crippen LogP contribution in [0.5, 0.6) is 0 Å². The minimum Gasteiger partial charge on any atom is -0.478 e. The number of halogens is 1. The van der Waals surface area contributed by atoms with E-state index < -0.39 is 5.97 Å². The van der Waals surface area contributed by atoms with Crippen molar-refractivity contribution in [3.8, 4) is 0 Å². The SMILES string of the molecule is O=C(Cc1ccc(C(=O)O)cc1)NC(c1cccc(Cl)c1)c1ccccc1N1CCCCC1. The zero-order valence-corrected chi connectivity index (χ0v) is 19.1. The average molecular weight is 463 g/mol. The van der Waals surface area contributed by atoms with E-state index in [1.165, 1.54) is 18.6 Å². The molecule has 4 rings (SSSR count). The third-order valence-electron chi connectivity index (χ3n) is 6.00. The van der Waals surface area contributed by atoms with Gasteiger partial charge in [-0.05, 0) is 60.7 Å². The molecule has 0 aliphatic carbocycles. The molecule has 3 aromatic rings. The minimum absolute atomic E-state index is 0.142. The number of hydrogen-bond donors (Lipinski definition) is 2. The summed E-state index contributed by atoms with van der Waals surface area (Å²) in [6.07, 6.45) is 3.72. The van der Waals surface area contributed by atoms with Crippen LogP contribution in [-0.4, -0.2) is 30.1 Å². The van der Waals surface area contributed by atoms with Crippen LogP contribution >= 0.6 is 11.6 Å². The van der Waals surface area contributed by atoms with E-state index in [1.807, 2.05) is 36.4 Å². The number of piperidine rings is 1. The van der Waals surface area contributed by atoms with Gasteiger partial charge < -0.3 is 15.3 Å². The van der Waals surface area contributed by atoms with Crippen molar-refractivity contribution in [1.29, 1.82) is 0 Å². The molecule has 1 amide bonds. The molecular weight excluding hydrogens is 436 g/mol. The first kappa shape index (κ1) is 22.9. The molecule has 1 atom stereocenters. The Morgan fingerprint density at radius 1 is 0.939 bits per heavy atom. The van der Waals surface area contributed by atoms with Crippen LogP contribution in [0, 0.1) is 0 Å². The minimum atomic E-state index is -0.985. The summed E-state index contributed by atoms with van der Waals surface area (Å²) in [6.45, 7) is 2.01. The molecule has 1 fully saturated rings. The fourth-order valence-corrected chi connectivity index (χ4v) is 4.54. The largest absolute Gasteiger partial charge is 0.478 e. The molecule has 5 nitrogen and oxygen atoms in total. The third kappa shape index (κ3) is 5.74. The molecule has 6 heteroatoms. The Morgan fingerprint density at radius 3 is 2.36 bits per heavy atom. The van der Waals surface area contributed by atoms with Gasteiger partial charge in [0.05, 0.1) is 18.0 Å². The summed E-state index contributed by atoms with van der Waals surface area (Å²) in [5, 5.41) is 12.9. The summed E-state index contributed by atoms with van der Waals surface area (Å²) >= 11 is 6.30. The Kier molecular flexibility index (Phi) is 7.30. The number of rotatable bonds is 7. The highest BCUT2D eigenvalue weighted by atomic mass is 35.5. The van der Waals surface area contributed by atoms with Gasteiger partial charge in [0.25, 0.3) is 0 Å². The number of nitrogens with one attached hydrogen (secondary N) is 1. The van der Waals surface area contributed by atoms with Crippen molar-refractivity contribution in [2.45, 2.75) is 31.7 Å². The maximum absolute atomic E-state index is 13.1. The number of carbonyl (C=O) groups excluding carboxylic acids is 1. The highest BCUT2D eigenvalue weighted by Gasteiger charge is 2.23. The zero-order chi connectivity index (χ0) is 23.2. The van der Waals surface area contributed by atoms with E-state index in [0.29, 0.717) is 5.02 Å². The molecule has 0 radical (unpaired) electrons. The van der Waals surface area contributed by atoms with Crippen molar-refractivity contribution >= 4 is 29.2 Å². The van der Waals surface area contributed by atoms with Crippen LogP contribution in [0.3, 0.4) is 0 Å². The molecule has 1 aliphatic rings. The maximum atomic E-state index is 13.1. The summed E-state index contributed by atoms with van der Waals surface area (Å²) in [7, 11) is 0. The van der Waals surface area contributed by atoms with Crippen LogP contribution in [0.15, 0.2) is 72.8 Å². The Bertz CT molecular complexity index is 1120. The molecule has 0 spiro atoms. The summed E-state index contributed by atoms with van der Waals surface area (Å²) in [4.78, 5) is 26.6. The van der Waals surface area contributed by atoms with E-state index in [4.69, 9.17) is 16.7 Å². The predicted molar refractivity (Wildman–Crippen MR) is 131 cm³/mol. The molecule has 1 unspecified atom stereocenters. The molecule has 3 aromatic carbocycles. The van der Waals surface area contributed by atoms with Crippen molar-refractivity contribution in [3.63, 3.8) is 0 Å². The van der Waals surface area contributed by atoms with Crippen LogP contribution in [0.1, 0.15) is 52.4 Å². The van der Waals surface area contributed by atoms with E-state index in [2.05, 4.69) is 22.3 Å². The molecule has 1 saturated heterocycles. The molecule has 0 saturated carbocycles. The smallest absolute Gasteiger partial charge is 0.335 e. The van der Waals surface area contributed by atoms with Crippen LogP contribution in [0.2, 0.25) is 5.02 Å². The lowest BCUT2D eigenvalue weighted by Gasteiger charge is -2.33. The Balaban J connectivity index is 1.62. The maximum Gasteiger partial charge on any atom is 0.335 e. The molecule has 33 heavy (non-hydrogen) atoms. The fraction of sp³-hybridized carbons (Fsp3) is 0.259. The van der Waals surface area contributed by atoms with Gasteiger partial charge in [-0.25, -0.2) is 4.79 Å². The van der Waals surface area contributed by atoms with Crippen LogP contribution in [-0.2, 0) is 11.2 Å². The number of aromatic carboxylic acids is 1. The molecule has 1 aliphatic heterocycles. The van der Waals surface area contributed by atoms with Gasteiger partial charge in [-0.1, -0.05) is 54.1 Å². The fourth-order valence-electron chi connectivity index (χ4n) is 4.34. The van der Waals surface area contributed by atoms with Crippen molar-refractivity contribution in [3.05, 3.63) is 100 Å². The molecule has 2 N–H and O–H groups in total. The second-order valence-electron chi connectivity index (χ2n) is 8.34. The van der Waals surface area contributed by atoms with Gasteiger partial charge in [0.2, 0.25) is 5.91 Å². The van der Waals surface area contributed by atoms with E-state index >= 15 is 0 Å². The average Bonchev–Trinajstić information content (AvgIpc) is 2.83. The van der Waals surface area contributed by atoms with Crippen LogP contribution in [0.4, 0.5) is 5.69 Å². The van der Waals surface area contributed by atoms with Crippen molar-refractivity contribution in [1.82, 2.24) is 5.32 Å². The first-order valence-electron chi connectivity index (χ1n) is 11.2. The standard InChI is InChI=1S/C27H27ClN2O3/c28-22-8-6-7-21(18-22)26(23-9-2-3-10-24(23)30-15-4-1-5-16-30)29-25(31)17-19-11-13-20(14-12-19)27(32)33/h2-3,6-14,18,26H,1,4-5,15-17H2,(H,29,31)(H,32,33). The summed E-state index contributed by atoms with van der Waals surface area (Å²) in [5.41, 5.74) is 4.05. The number of anilines is 1. The molecule has 1 heterocycles. The second kappa shape index (κ2) is 10.5. The Morgan fingerprint density at radius 2 is 1.67 bits per heavy atom. The topological polar surface area (TPSA) is 69.6 Å². The van der Waals surface area contributed by atoms with Crippen LogP contribution < -0.4 is 10.2 Å². The first-order valence-corrected chi connectivity index (χ1v) is 11.6. The van der Waals surface area contributed by atoms with Crippen molar-refractivity contribution in [2.75, 3.05) is 18.0 Å². The highest BCUT2D eigenvalue weighted by Crippen LogP contribution is 2.33. The first-order chi connectivity index (χ1) is 16.0. The van der Waals surface area contributed by atoms with Crippen molar-refractivity contribution in [2.24, 2.45) is 0 Å². The van der Waals surface area contributed by atoms with Gasteiger partial charge >= 0.3 is 5.97 Å².